The first-order valence-corrected chi connectivity index (χ1v) is 9.11. The van der Waals surface area contributed by atoms with Crippen molar-refractivity contribution < 1.29 is 13.2 Å². The molecule has 29 heavy (non-hydrogen) atoms. The first kappa shape index (κ1) is 22.1. The lowest BCUT2D eigenvalue weighted by molar-refractivity contribution is 0.446. The van der Waals surface area contributed by atoms with E-state index in [4.69, 9.17) is 5.73 Å². The molecule has 4 nitrogen and oxygen atoms in total. The molecule has 2 rings (SSSR count). The Labute approximate surface area is 169 Å². The van der Waals surface area contributed by atoms with E-state index in [1.807, 2.05) is 19.1 Å². The fraction of sp³-hybridized carbons (Fsp3) is 0.227. The summed E-state index contributed by atoms with van der Waals surface area (Å²) in [7, 11) is 1.76. The van der Waals surface area contributed by atoms with Crippen LogP contribution in [0.25, 0.3) is 5.57 Å². The predicted octanol–water partition coefficient (Wildman–Crippen LogP) is 4.68. The average molecular weight is 402 g/mol. The van der Waals surface area contributed by atoms with Crippen molar-refractivity contribution in [3.63, 3.8) is 0 Å². The number of benzene rings is 1. The van der Waals surface area contributed by atoms with Gasteiger partial charge in [0.25, 0.3) is 0 Å². The molecule has 0 amide bonds. The van der Waals surface area contributed by atoms with Gasteiger partial charge in [0, 0.05) is 31.7 Å². The van der Waals surface area contributed by atoms with Gasteiger partial charge in [-0.3, -0.25) is 4.98 Å². The molecule has 1 aromatic heterocycles. The minimum absolute atomic E-state index is 0.246. The molecule has 0 aliphatic heterocycles. The molecular formula is C22H25F3N4. The summed E-state index contributed by atoms with van der Waals surface area (Å²) in [6.07, 6.45) is 5.55. The predicted molar refractivity (Wildman–Crippen MR) is 109 cm³/mol. The first-order valence-electron chi connectivity index (χ1n) is 9.11. The molecule has 3 N–H and O–H groups in total. The van der Waals surface area contributed by atoms with Crippen molar-refractivity contribution >= 4 is 5.57 Å². The zero-order valence-electron chi connectivity index (χ0n) is 16.8. The monoisotopic (exact) mass is 402 g/mol. The number of pyridine rings is 1. The summed E-state index contributed by atoms with van der Waals surface area (Å²) in [5.41, 5.74) is 9.33. The Balaban J connectivity index is 2.48. The maximum atomic E-state index is 13.7. The third-order valence-corrected chi connectivity index (χ3v) is 4.47. The minimum Gasteiger partial charge on any atom is -0.383 e. The van der Waals surface area contributed by atoms with Crippen molar-refractivity contribution in [3.8, 4) is 0 Å². The lowest BCUT2D eigenvalue weighted by Gasteiger charge is -2.23. The Hall–Kier alpha value is -3.22. The van der Waals surface area contributed by atoms with Crippen LogP contribution in [0.15, 0.2) is 66.5 Å². The van der Waals surface area contributed by atoms with Crippen molar-refractivity contribution in [2.24, 2.45) is 5.73 Å². The summed E-state index contributed by atoms with van der Waals surface area (Å²) >= 11 is 0. The van der Waals surface area contributed by atoms with Crippen LogP contribution in [-0.2, 0) is 6.54 Å². The van der Waals surface area contributed by atoms with Gasteiger partial charge in [-0.15, -0.1) is 0 Å². The Bertz CT molecular complexity index is 913. The zero-order chi connectivity index (χ0) is 21.6. The van der Waals surface area contributed by atoms with Gasteiger partial charge in [0.15, 0.2) is 17.5 Å². The second kappa shape index (κ2) is 9.82. The lowest BCUT2D eigenvalue weighted by atomic mass is 10.0. The molecule has 7 heteroatoms. The molecule has 0 unspecified atom stereocenters. The highest BCUT2D eigenvalue weighted by molar-refractivity contribution is 5.68. The average Bonchev–Trinajstić information content (AvgIpc) is 2.71. The normalized spacial score (nSPS) is 12.4. The second-order valence-electron chi connectivity index (χ2n) is 6.59. The molecule has 0 spiro atoms. The van der Waals surface area contributed by atoms with Crippen LogP contribution < -0.4 is 11.1 Å². The van der Waals surface area contributed by atoms with Gasteiger partial charge < -0.3 is 16.0 Å². The van der Waals surface area contributed by atoms with Crippen molar-refractivity contribution in [2.45, 2.75) is 26.8 Å². The Morgan fingerprint density at radius 1 is 1.28 bits per heavy atom. The number of nitrogens with zero attached hydrogens (tertiary/aromatic N) is 2. The van der Waals surface area contributed by atoms with Crippen LogP contribution in [0, 0.1) is 17.5 Å². The van der Waals surface area contributed by atoms with Crippen LogP contribution in [0.1, 0.15) is 31.4 Å². The molecule has 0 saturated heterocycles. The Kier molecular flexibility index (Phi) is 7.47. The number of allylic oxidation sites excluding steroid dienone is 3. The molecule has 0 fully saturated rings. The highest BCUT2D eigenvalue weighted by Gasteiger charge is 2.14. The topological polar surface area (TPSA) is 54.2 Å². The van der Waals surface area contributed by atoms with Crippen LogP contribution in [0.4, 0.5) is 13.2 Å². The van der Waals surface area contributed by atoms with Crippen LogP contribution in [0.5, 0.6) is 0 Å². The van der Waals surface area contributed by atoms with Crippen LogP contribution in [0.2, 0.25) is 0 Å². The van der Waals surface area contributed by atoms with Gasteiger partial charge in [0.1, 0.15) is 5.82 Å². The number of hydrogen-bond acceptors (Lipinski definition) is 4. The number of hydrogen-bond donors (Lipinski definition) is 2. The van der Waals surface area contributed by atoms with Gasteiger partial charge in [-0.05, 0) is 54.3 Å². The van der Waals surface area contributed by atoms with E-state index in [-0.39, 0.29) is 5.56 Å². The minimum atomic E-state index is -1.49. The third-order valence-electron chi connectivity index (χ3n) is 4.47. The fourth-order valence-corrected chi connectivity index (χ4v) is 2.61. The third kappa shape index (κ3) is 5.63. The molecule has 154 valence electrons. The molecular weight excluding hydrogens is 377 g/mol. The standard InChI is InChI=1S/C22H25F3N4/c1-5-16(17-9-18(23)21(25)19(24)10-17)11-20(22(26)29(4)14(2)3)28-13-15-7-6-8-27-12-15/h6-12,28H,2,5,13,26H2,1,3-4H3/b16-11+,22-20-. The molecule has 0 radical (unpaired) electrons. The molecule has 0 atom stereocenters. The SMILES string of the molecule is C=C(C)N(C)/C(N)=C(/C=C(\CC)c1cc(F)c(F)c(F)c1)NCc1cccnc1. The second-order valence-corrected chi connectivity index (χ2v) is 6.59. The largest absolute Gasteiger partial charge is 0.383 e. The van der Waals surface area contributed by atoms with Crippen molar-refractivity contribution in [1.82, 2.24) is 15.2 Å². The number of nitrogens with two attached hydrogens (primary N) is 1. The van der Waals surface area contributed by atoms with E-state index in [2.05, 4.69) is 16.9 Å². The summed E-state index contributed by atoms with van der Waals surface area (Å²) in [5, 5.41) is 3.24. The number of aromatic nitrogens is 1. The van der Waals surface area contributed by atoms with Gasteiger partial charge in [0.05, 0.1) is 5.70 Å². The zero-order valence-corrected chi connectivity index (χ0v) is 16.8. The number of halogens is 3. The maximum absolute atomic E-state index is 13.7. The van der Waals surface area contributed by atoms with Crippen LogP contribution >= 0.6 is 0 Å². The lowest BCUT2D eigenvalue weighted by Crippen LogP contribution is -2.27. The van der Waals surface area contributed by atoms with Gasteiger partial charge in [-0.1, -0.05) is 19.6 Å². The Morgan fingerprint density at radius 3 is 2.45 bits per heavy atom. The first-order chi connectivity index (χ1) is 13.7. The molecule has 0 bridgehead atoms. The molecule has 0 aliphatic rings. The van der Waals surface area contributed by atoms with E-state index in [0.717, 1.165) is 17.7 Å². The van der Waals surface area contributed by atoms with E-state index < -0.39 is 17.5 Å². The smallest absolute Gasteiger partial charge is 0.194 e. The summed E-state index contributed by atoms with van der Waals surface area (Å²) in [6, 6.07) is 5.68. The van der Waals surface area contributed by atoms with E-state index in [0.29, 0.717) is 35.8 Å². The highest BCUT2D eigenvalue weighted by atomic mass is 19.2. The summed E-state index contributed by atoms with van der Waals surface area (Å²) in [5.74, 6) is -3.58. The Morgan fingerprint density at radius 2 is 1.93 bits per heavy atom. The van der Waals surface area contributed by atoms with E-state index in [9.17, 15) is 13.2 Å². The van der Waals surface area contributed by atoms with Gasteiger partial charge >= 0.3 is 0 Å². The molecule has 1 aromatic carbocycles. The molecule has 0 aliphatic carbocycles. The van der Waals surface area contributed by atoms with Crippen molar-refractivity contribution in [2.75, 3.05) is 7.05 Å². The van der Waals surface area contributed by atoms with E-state index in [1.54, 1.807) is 37.3 Å². The van der Waals surface area contributed by atoms with Crippen molar-refractivity contribution in [3.05, 3.63) is 95.1 Å². The van der Waals surface area contributed by atoms with Gasteiger partial charge in [0.2, 0.25) is 0 Å². The fourth-order valence-electron chi connectivity index (χ4n) is 2.61. The quantitative estimate of drug-likeness (QED) is 0.498. The summed E-state index contributed by atoms with van der Waals surface area (Å²) in [4.78, 5) is 5.77. The maximum Gasteiger partial charge on any atom is 0.194 e. The van der Waals surface area contributed by atoms with E-state index >= 15 is 0 Å². The number of rotatable bonds is 8. The van der Waals surface area contributed by atoms with Gasteiger partial charge in [-0.25, -0.2) is 13.2 Å². The number of nitrogens with one attached hydrogen (secondary N) is 1. The summed E-state index contributed by atoms with van der Waals surface area (Å²) in [6.45, 7) is 7.96. The van der Waals surface area contributed by atoms with Crippen molar-refractivity contribution in [1.29, 1.82) is 0 Å². The molecule has 1 heterocycles. The molecule has 0 saturated carbocycles. The molecule has 2 aromatic rings. The van der Waals surface area contributed by atoms with Crippen LogP contribution in [0.3, 0.4) is 0 Å². The van der Waals surface area contributed by atoms with E-state index in [1.165, 1.54) is 0 Å². The summed E-state index contributed by atoms with van der Waals surface area (Å²) < 4.78 is 40.8. The van der Waals surface area contributed by atoms with Gasteiger partial charge in [-0.2, -0.15) is 0 Å². The van der Waals surface area contributed by atoms with Crippen LogP contribution in [-0.4, -0.2) is 16.9 Å². The highest BCUT2D eigenvalue weighted by Crippen LogP contribution is 2.24.